The topological polar surface area (TPSA) is 45.0 Å². The second kappa shape index (κ2) is 8.13. The lowest BCUT2D eigenvalue weighted by molar-refractivity contribution is 0.322. The van der Waals surface area contributed by atoms with Gasteiger partial charge in [0, 0.05) is 5.71 Å². The normalized spacial score (nSPS) is 17.0. The van der Waals surface area contributed by atoms with E-state index in [1.165, 1.54) is 23.1 Å². The summed E-state index contributed by atoms with van der Waals surface area (Å²) < 4.78 is 0. The SMILES string of the molecule is CC.O/N=C/c1ccc(C2CCC(c3ccccc3)=N2)cc1. The molecule has 1 heterocycles. The first kappa shape index (κ1) is 16.0. The third-order valence-electron chi connectivity index (χ3n) is 3.60. The Kier molecular flexibility index (Phi) is 5.90. The van der Waals surface area contributed by atoms with Gasteiger partial charge in [-0.3, -0.25) is 4.99 Å². The van der Waals surface area contributed by atoms with Crippen molar-refractivity contribution in [3.05, 3.63) is 71.3 Å². The van der Waals surface area contributed by atoms with E-state index in [-0.39, 0.29) is 6.04 Å². The van der Waals surface area contributed by atoms with Crippen molar-refractivity contribution in [2.24, 2.45) is 10.1 Å². The zero-order chi connectivity index (χ0) is 15.8. The van der Waals surface area contributed by atoms with Gasteiger partial charge in [-0.25, -0.2) is 0 Å². The second-order valence-electron chi connectivity index (χ2n) is 4.91. The van der Waals surface area contributed by atoms with E-state index in [0.717, 1.165) is 18.4 Å². The first-order chi connectivity index (χ1) is 10.9. The van der Waals surface area contributed by atoms with E-state index in [2.05, 4.69) is 29.4 Å². The summed E-state index contributed by atoms with van der Waals surface area (Å²) in [5.41, 5.74) is 4.52. The Morgan fingerprint density at radius 2 is 1.73 bits per heavy atom. The van der Waals surface area contributed by atoms with Gasteiger partial charge in [-0.15, -0.1) is 0 Å². The van der Waals surface area contributed by atoms with Crippen molar-refractivity contribution in [3.63, 3.8) is 0 Å². The molecule has 22 heavy (non-hydrogen) atoms. The Bertz CT molecular complexity index is 630. The molecule has 1 unspecified atom stereocenters. The maximum Gasteiger partial charge on any atom is 0.0756 e. The van der Waals surface area contributed by atoms with Gasteiger partial charge in [-0.05, 0) is 29.5 Å². The minimum absolute atomic E-state index is 0.241. The summed E-state index contributed by atoms with van der Waals surface area (Å²) in [5.74, 6) is 0. The van der Waals surface area contributed by atoms with Gasteiger partial charge in [0.2, 0.25) is 0 Å². The summed E-state index contributed by atoms with van der Waals surface area (Å²) >= 11 is 0. The second-order valence-corrected chi connectivity index (χ2v) is 4.91. The van der Waals surface area contributed by atoms with E-state index in [4.69, 9.17) is 10.2 Å². The van der Waals surface area contributed by atoms with Crippen LogP contribution in [-0.2, 0) is 0 Å². The van der Waals surface area contributed by atoms with Gasteiger partial charge in [-0.1, -0.05) is 73.6 Å². The lowest BCUT2D eigenvalue weighted by Gasteiger charge is -2.06. The fourth-order valence-electron chi connectivity index (χ4n) is 2.55. The number of nitrogens with zero attached hydrogens (tertiary/aromatic N) is 2. The summed E-state index contributed by atoms with van der Waals surface area (Å²) in [6.07, 6.45) is 3.50. The quantitative estimate of drug-likeness (QED) is 0.491. The van der Waals surface area contributed by atoms with E-state index < -0.39 is 0 Å². The van der Waals surface area contributed by atoms with Crippen LogP contribution in [0, 0.1) is 0 Å². The smallest absolute Gasteiger partial charge is 0.0756 e. The Labute approximate surface area is 132 Å². The summed E-state index contributed by atoms with van der Waals surface area (Å²) in [6.45, 7) is 4.00. The molecule has 0 spiro atoms. The van der Waals surface area contributed by atoms with Crippen LogP contribution in [-0.4, -0.2) is 17.1 Å². The molecule has 0 amide bonds. The molecule has 1 atom stereocenters. The highest BCUT2D eigenvalue weighted by Crippen LogP contribution is 2.30. The minimum Gasteiger partial charge on any atom is -0.411 e. The van der Waals surface area contributed by atoms with E-state index in [9.17, 15) is 0 Å². The lowest BCUT2D eigenvalue weighted by Crippen LogP contribution is -1.94. The molecule has 3 heteroatoms. The molecule has 0 aromatic heterocycles. The molecule has 0 saturated heterocycles. The molecule has 3 nitrogen and oxygen atoms in total. The standard InChI is InChI=1S/C17H16N2O.C2H6/c20-18-12-13-6-8-15(9-7-13)17-11-10-16(19-17)14-4-2-1-3-5-14;1-2/h1-9,12,17,20H,10-11H2;1-2H3/b18-12+;. The van der Waals surface area contributed by atoms with Gasteiger partial charge < -0.3 is 5.21 Å². The van der Waals surface area contributed by atoms with Crippen LogP contribution in [0.4, 0.5) is 0 Å². The molecule has 0 aliphatic carbocycles. The number of aliphatic imine (C=N–C) groups is 1. The molecule has 2 aromatic carbocycles. The predicted octanol–water partition coefficient (Wildman–Crippen LogP) is 4.85. The number of hydrogen-bond donors (Lipinski definition) is 1. The largest absolute Gasteiger partial charge is 0.411 e. The van der Waals surface area contributed by atoms with Crippen molar-refractivity contribution >= 4 is 11.9 Å². The fraction of sp³-hybridized carbons (Fsp3) is 0.263. The van der Waals surface area contributed by atoms with Crippen LogP contribution in [0.15, 0.2) is 64.7 Å². The molecule has 0 radical (unpaired) electrons. The van der Waals surface area contributed by atoms with Crippen molar-refractivity contribution in [2.75, 3.05) is 0 Å². The van der Waals surface area contributed by atoms with Crippen molar-refractivity contribution in [1.29, 1.82) is 0 Å². The molecule has 0 bridgehead atoms. The molecule has 0 fully saturated rings. The molecule has 2 aromatic rings. The minimum atomic E-state index is 0.241. The zero-order valence-corrected chi connectivity index (χ0v) is 13.1. The van der Waals surface area contributed by atoms with Crippen molar-refractivity contribution in [1.82, 2.24) is 0 Å². The first-order valence-corrected chi connectivity index (χ1v) is 7.76. The number of benzene rings is 2. The number of hydrogen-bond acceptors (Lipinski definition) is 3. The Hall–Kier alpha value is -2.42. The van der Waals surface area contributed by atoms with E-state index in [0.29, 0.717) is 0 Å². The summed E-state index contributed by atoms with van der Waals surface area (Å²) in [7, 11) is 0. The van der Waals surface area contributed by atoms with E-state index in [1.807, 2.05) is 44.2 Å². The Balaban J connectivity index is 0.000000847. The van der Waals surface area contributed by atoms with Crippen LogP contribution in [0.5, 0.6) is 0 Å². The van der Waals surface area contributed by atoms with Gasteiger partial charge in [0.25, 0.3) is 0 Å². The highest BCUT2D eigenvalue weighted by molar-refractivity contribution is 6.01. The monoisotopic (exact) mass is 294 g/mol. The fourth-order valence-corrected chi connectivity index (χ4v) is 2.55. The summed E-state index contributed by atoms with van der Waals surface area (Å²) in [4.78, 5) is 4.84. The molecular formula is C19H22N2O. The van der Waals surface area contributed by atoms with Gasteiger partial charge in [0.1, 0.15) is 0 Å². The Morgan fingerprint density at radius 3 is 2.36 bits per heavy atom. The van der Waals surface area contributed by atoms with Crippen molar-refractivity contribution in [3.8, 4) is 0 Å². The highest BCUT2D eigenvalue weighted by Gasteiger charge is 2.19. The zero-order valence-electron chi connectivity index (χ0n) is 13.1. The van der Waals surface area contributed by atoms with Crippen molar-refractivity contribution in [2.45, 2.75) is 32.7 Å². The van der Waals surface area contributed by atoms with Crippen LogP contribution in [0.2, 0.25) is 0 Å². The van der Waals surface area contributed by atoms with Gasteiger partial charge >= 0.3 is 0 Å². The molecule has 0 saturated carbocycles. The average molecular weight is 294 g/mol. The predicted molar refractivity (Wildman–Crippen MR) is 92.1 cm³/mol. The molecule has 1 aliphatic rings. The highest BCUT2D eigenvalue weighted by atomic mass is 16.4. The molecule has 1 aliphatic heterocycles. The molecular weight excluding hydrogens is 272 g/mol. The maximum atomic E-state index is 8.51. The van der Waals surface area contributed by atoms with Crippen LogP contribution in [0.1, 0.15) is 49.4 Å². The van der Waals surface area contributed by atoms with Crippen LogP contribution >= 0.6 is 0 Å². The van der Waals surface area contributed by atoms with Gasteiger partial charge in [0.15, 0.2) is 0 Å². The number of rotatable bonds is 3. The lowest BCUT2D eigenvalue weighted by atomic mass is 10.0. The number of oxime groups is 1. The average Bonchev–Trinajstić information content (AvgIpc) is 3.09. The van der Waals surface area contributed by atoms with E-state index in [1.54, 1.807) is 0 Å². The molecule has 3 rings (SSSR count). The third-order valence-corrected chi connectivity index (χ3v) is 3.60. The van der Waals surface area contributed by atoms with Crippen LogP contribution < -0.4 is 0 Å². The van der Waals surface area contributed by atoms with E-state index >= 15 is 0 Å². The molecule has 1 N–H and O–H groups in total. The van der Waals surface area contributed by atoms with Crippen molar-refractivity contribution < 1.29 is 5.21 Å². The van der Waals surface area contributed by atoms with Gasteiger partial charge in [0.05, 0.1) is 12.3 Å². The third kappa shape index (κ3) is 3.82. The summed E-state index contributed by atoms with van der Waals surface area (Å²) in [5, 5.41) is 11.5. The molecule has 114 valence electrons. The summed E-state index contributed by atoms with van der Waals surface area (Å²) in [6, 6.07) is 18.6. The maximum absolute atomic E-state index is 8.51. The first-order valence-electron chi connectivity index (χ1n) is 7.76. The Morgan fingerprint density at radius 1 is 1.05 bits per heavy atom. The van der Waals surface area contributed by atoms with Crippen LogP contribution in [0.3, 0.4) is 0 Å². The van der Waals surface area contributed by atoms with Crippen LogP contribution in [0.25, 0.3) is 0 Å². The van der Waals surface area contributed by atoms with Gasteiger partial charge in [-0.2, -0.15) is 0 Å².